The van der Waals surface area contributed by atoms with Crippen LogP contribution < -0.4 is 16.0 Å². The molecule has 1 atom stereocenters. The fraction of sp³-hybridized carbons (Fsp3) is 0.250. The van der Waals surface area contributed by atoms with E-state index < -0.39 is 0 Å². The largest absolute Gasteiger partial charge is 0.493 e. The summed E-state index contributed by atoms with van der Waals surface area (Å²) >= 11 is 12.3. The molecule has 5 heteroatoms. The zero-order valence-electron chi connectivity index (χ0n) is 11.4. The zero-order chi connectivity index (χ0) is 14.8. The monoisotopic (exact) mass is 322 g/mol. The van der Waals surface area contributed by atoms with Crippen molar-refractivity contribution in [2.75, 3.05) is 6.61 Å². The van der Waals surface area contributed by atoms with Crippen molar-refractivity contribution in [1.82, 2.24) is 5.43 Å². The summed E-state index contributed by atoms with van der Waals surface area (Å²) in [5.74, 6) is 6.67. The Hall–Kier alpha value is -1.26. The van der Waals surface area contributed by atoms with E-state index in [4.69, 9.17) is 33.8 Å². The molecule has 110 valence electrons. The fourth-order valence-corrected chi connectivity index (χ4v) is 3.18. The van der Waals surface area contributed by atoms with Gasteiger partial charge in [0, 0.05) is 16.5 Å². The maximum Gasteiger partial charge on any atom is 0.125 e. The van der Waals surface area contributed by atoms with E-state index >= 15 is 0 Å². The molecule has 0 radical (unpaired) electrons. The Morgan fingerprint density at radius 1 is 1.19 bits per heavy atom. The molecule has 2 aromatic rings. The smallest absolute Gasteiger partial charge is 0.125 e. The van der Waals surface area contributed by atoms with E-state index in [-0.39, 0.29) is 6.04 Å². The maximum absolute atomic E-state index is 6.20. The summed E-state index contributed by atoms with van der Waals surface area (Å²) in [6.45, 7) is 0.709. The Morgan fingerprint density at radius 2 is 2.05 bits per heavy atom. The van der Waals surface area contributed by atoms with Crippen LogP contribution >= 0.6 is 23.2 Å². The van der Waals surface area contributed by atoms with E-state index in [0.29, 0.717) is 18.1 Å². The van der Waals surface area contributed by atoms with Gasteiger partial charge in [0.25, 0.3) is 0 Å². The molecule has 0 spiro atoms. The molecule has 0 saturated heterocycles. The average molecular weight is 323 g/mol. The van der Waals surface area contributed by atoms with E-state index in [1.165, 1.54) is 5.56 Å². The predicted molar refractivity (Wildman–Crippen MR) is 85.9 cm³/mol. The number of fused-ring (bicyclic) bond motifs is 1. The second-order valence-electron chi connectivity index (χ2n) is 5.13. The van der Waals surface area contributed by atoms with E-state index in [0.717, 1.165) is 28.3 Å². The van der Waals surface area contributed by atoms with Gasteiger partial charge in [-0.3, -0.25) is 11.3 Å². The number of halogens is 2. The molecule has 0 saturated carbocycles. The number of rotatable bonds is 4. The second kappa shape index (κ2) is 6.24. The van der Waals surface area contributed by atoms with Crippen LogP contribution in [0.3, 0.4) is 0 Å². The molecule has 0 aliphatic carbocycles. The van der Waals surface area contributed by atoms with Crippen molar-refractivity contribution in [2.24, 2.45) is 5.84 Å². The highest BCUT2D eigenvalue weighted by atomic mass is 35.5. The quantitative estimate of drug-likeness (QED) is 0.666. The lowest BCUT2D eigenvalue weighted by molar-refractivity contribution is 0.351. The first kappa shape index (κ1) is 14.7. The zero-order valence-corrected chi connectivity index (χ0v) is 12.9. The first-order valence-electron chi connectivity index (χ1n) is 6.83. The van der Waals surface area contributed by atoms with E-state index in [2.05, 4.69) is 5.43 Å². The van der Waals surface area contributed by atoms with Crippen LogP contribution in [0.5, 0.6) is 5.75 Å². The summed E-state index contributed by atoms with van der Waals surface area (Å²) < 4.78 is 5.74. The third-order valence-electron chi connectivity index (χ3n) is 3.70. The molecule has 1 aliphatic heterocycles. The van der Waals surface area contributed by atoms with Gasteiger partial charge in [-0.2, -0.15) is 0 Å². The van der Waals surface area contributed by atoms with Crippen molar-refractivity contribution < 1.29 is 4.74 Å². The van der Waals surface area contributed by atoms with Crippen LogP contribution in [0.2, 0.25) is 10.0 Å². The molecule has 0 fully saturated rings. The van der Waals surface area contributed by atoms with Gasteiger partial charge in [0.05, 0.1) is 12.6 Å². The molecule has 21 heavy (non-hydrogen) atoms. The standard InChI is InChI=1S/C16H16Cl2N2O/c17-13-3-1-2-10(6-13)15(20-19)9-12-8-14(18)7-11-4-5-21-16(11)12/h1-3,6-8,15,20H,4-5,9,19H2. The topological polar surface area (TPSA) is 47.3 Å². The molecule has 0 amide bonds. The van der Waals surface area contributed by atoms with E-state index in [1.807, 2.05) is 36.4 Å². The van der Waals surface area contributed by atoms with Crippen LogP contribution in [-0.2, 0) is 12.8 Å². The van der Waals surface area contributed by atoms with Crippen LogP contribution in [0.25, 0.3) is 0 Å². The van der Waals surface area contributed by atoms with Crippen LogP contribution in [0.1, 0.15) is 22.7 Å². The van der Waals surface area contributed by atoms with Crippen LogP contribution in [-0.4, -0.2) is 6.61 Å². The SMILES string of the molecule is NNC(Cc1cc(Cl)cc2c1OCC2)c1cccc(Cl)c1. The first-order valence-corrected chi connectivity index (χ1v) is 7.58. The van der Waals surface area contributed by atoms with Crippen molar-refractivity contribution >= 4 is 23.2 Å². The van der Waals surface area contributed by atoms with Gasteiger partial charge in [0.2, 0.25) is 0 Å². The van der Waals surface area contributed by atoms with Crippen molar-refractivity contribution in [1.29, 1.82) is 0 Å². The minimum Gasteiger partial charge on any atom is -0.493 e. The minimum atomic E-state index is -0.0459. The van der Waals surface area contributed by atoms with Crippen LogP contribution in [0, 0.1) is 0 Å². The van der Waals surface area contributed by atoms with Gasteiger partial charge in [0.1, 0.15) is 5.75 Å². The minimum absolute atomic E-state index is 0.0459. The van der Waals surface area contributed by atoms with Gasteiger partial charge in [-0.05, 0) is 47.4 Å². The lowest BCUT2D eigenvalue weighted by atomic mass is 9.97. The second-order valence-corrected chi connectivity index (χ2v) is 6.00. The number of hydrazine groups is 1. The number of ether oxygens (including phenoxy) is 1. The van der Waals surface area contributed by atoms with Gasteiger partial charge < -0.3 is 4.74 Å². The molecule has 1 aliphatic rings. The number of nitrogens with one attached hydrogen (secondary N) is 1. The van der Waals surface area contributed by atoms with Crippen molar-refractivity contribution in [3.05, 3.63) is 63.1 Å². The van der Waals surface area contributed by atoms with Gasteiger partial charge in [-0.25, -0.2) is 0 Å². The van der Waals surface area contributed by atoms with E-state index in [9.17, 15) is 0 Å². The normalized spacial score (nSPS) is 14.6. The molecule has 1 heterocycles. The average Bonchev–Trinajstić information content (AvgIpc) is 2.92. The molecule has 3 nitrogen and oxygen atoms in total. The molecule has 0 aromatic heterocycles. The van der Waals surface area contributed by atoms with Crippen LogP contribution in [0.4, 0.5) is 0 Å². The first-order chi connectivity index (χ1) is 10.2. The van der Waals surface area contributed by atoms with Crippen molar-refractivity contribution in [2.45, 2.75) is 18.9 Å². The summed E-state index contributed by atoms with van der Waals surface area (Å²) in [6, 6.07) is 11.5. The third kappa shape index (κ3) is 3.16. The van der Waals surface area contributed by atoms with Gasteiger partial charge in [0.15, 0.2) is 0 Å². The molecule has 3 rings (SSSR count). The Balaban J connectivity index is 1.91. The van der Waals surface area contributed by atoms with Gasteiger partial charge in [-0.1, -0.05) is 35.3 Å². The van der Waals surface area contributed by atoms with E-state index in [1.54, 1.807) is 0 Å². The maximum atomic E-state index is 6.20. The highest BCUT2D eigenvalue weighted by Gasteiger charge is 2.20. The molecule has 1 unspecified atom stereocenters. The Morgan fingerprint density at radius 3 is 2.81 bits per heavy atom. The Bertz CT molecular complexity index is 661. The van der Waals surface area contributed by atoms with Crippen molar-refractivity contribution in [3.8, 4) is 5.75 Å². The molecular formula is C16H16Cl2N2O. The highest BCUT2D eigenvalue weighted by molar-refractivity contribution is 6.31. The predicted octanol–water partition coefficient (Wildman–Crippen LogP) is 3.68. The Labute approximate surface area is 134 Å². The number of benzene rings is 2. The number of hydrogen-bond donors (Lipinski definition) is 2. The fourth-order valence-electron chi connectivity index (χ4n) is 2.71. The van der Waals surface area contributed by atoms with Gasteiger partial charge in [-0.15, -0.1) is 0 Å². The molecular weight excluding hydrogens is 307 g/mol. The summed E-state index contributed by atoms with van der Waals surface area (Å²) in [7, 11) is 0. The molecule has 2 aromatic carbocycles. The molecule has 3 N–H and O–H groups in total. The number of hydrogen-bond acceptors (Lipinski definition) is 3. The highest BCUT2D eigenvalue weighted by Crippen LogP contribution is 2.35. The number of nitrogens with two attached hydrogens (primary N) is 1. The van der Waals surface area contributed by atoms with Crippen molar-refractivity contribution in [3.63, 3.8) is 0 Å². The van der Waals surface area contributed by atoms with Gasteiger partial charge >= 0.3 is 0 Å². The molecule has 0 bridgehead atoms. The summed E-state index contributed by atoms with van der Waals surface area (Å²) in [5, 5.41) is 1.43. The Kier molecular flexibility index (Phi) is 4.36. The third-order valence-corrected chi connectivity index (χ3v) is 4.15. The lowest BCUT2D eigenvalue weighted by Gasteiger charge is -2.18. The van der Waals surface area contributed by atoms with Crippen LogP contribution in [0.15, 0.2) is 36.4 Å². The summed E-state index contributed by atoms with van der Waals surface area (Å²) in [6.07, 6.45) is 1.60. The lowest BCUT2D eigenvalue weighted by Crippen LogP contribution is -2.29. The summed E-state index contributed by atoms with van der Waals surface area (Å²) in [4.78, 5) is 0. The summed E-state index contributed by atoms with van der Waals surface area (Å²) in [5.41, 5.74) is 6.12.